The highest BCUT2D eigenvalue weighted by atomic mass is 16.6. The van der Waals surface area contributed by atoms with Crippen LogP contribution in [0.1, 0.15) is 30.4 Å². The highest BCUT2D eigenvalue weighted by Crippen LogP contribution is 2.23. The maximum atomic E-state index is 12.0. The number of amides is 1. The summed E-state index contributed by atoms with van der Waals surface area (Å²) in [5.74, 6) is 0.649. The van der Waals surface area contributed by atoms with Gasteiger partial charge in [0.25, 0.3) is 0 Å². The van der Waals surface area contributed by atoms with Crippen LogP contribution in [-0.4, -0.2) is 104 Å². The first-order valence-corrected chi connectivity index (χ1v) is 13.7. The number of nitrogens with one attached hydrogen (secondary N) is 4. The number of pyridine rings is 1. The normalized spacial score (nSPS) is 11.1. The maximum absolute atomic E-state index is 12.0. The van der Waals surface area contributed by atoms with Crippen molar-refractivity contribution < 1.29 is 23.7 Å². The first-order valence-electron chi connectivity index (χ1n) is 13.7. The molecule has 3 heterocycles. The zero-order chi connectivity index (χ0) is 29.1. The summed E-state index contributed by atoms with van der Waals surface area (Å²) in [4.78, 5) is 27.8. The molecule has 8 N–H and O–H groups in total. The summed E-state index contributed by atoms with van der Waals surface area (Å²) >= 11 is 0. The minimum atomic E-state index is -0.0589. The Labute approximate surface area is 239 Å². The quantitative estimate of drug-likeness (QED) is 0.0742. The molecule has 0 aliphatic rings. The molecule has 3 rings (SSSR count). The first kappa shape index (κ1) is 31.8. The van der Waals surface area contributed by atoms with E-state index in [1.54, 1.807) is 12.4 Å². The Morgan fingerprint density at radius 3 is 2.34 bits per heavy atom. The van der Waals surface area contributed by atoms with E-state index in [-0.39, 0.29) is 17.4 Å². The van der Waals surface area contributed by atoms with Gasteiger partial charge in [0, 0.05) is 49.4 Å². The van der Waals surface area contributed by atoms with Gasteiger partial charge in [0.2, 0.25) is 5.91 Å². The minimum absolute atomic E-state index is 0.0589. The zero-order valence-electron chi connectivity index (χ0n) is 23.3. The van der Waals surface area contributed by atoms with Crippen molar-refractivity contribution in [2.75, 3.05) is 83.5 Å². The van der Waals surface area contributed by atoms with Gasteiger partial charge in [0.1, 0.15) is 23.6 Å². The van der Waals surface area contributed by atoms with Crippen molar-refractivity contribution in [3.8, 4) is 0 Å². The van der Waals surface area contributed by atoms with Crippen LogP contribution in [0.15, 0.2) is 30.9 Å². The van der Waals surface area contributed by atoms with Gasteiger partial charge in [-0.2, -0.15) is 0 Å². The number of rotatable bonds is 22. The second kappa shape index (κ2) is 18.6. The summed E-state index contributed by atoms with van der Waals surface area (Å²) < 4.78 is 21.4. The van der Waals surface area contributed by atoms with E-state index in [0.29, 0.717) is 95.9 Å². The smallest absolute Gasteiger partial charge is 0.222 e. The number of anilines is 2. The predicted molar refractivity (Wildman–Crippen MR) is 156 cm³/mol. The number of H-pyrrole nitrogens is 1. The van der Waals surface area contributed by atoms with E-state index < -0.39 is 0 Å². The number of nitrogens with zero attached hydrogens (tertiary/aromatic N) is 3. The molecule has 3 aromatic rings. The van der Waals surface area contributed by atoms with Gasteiger partial charge in [-0.1, -0.05) is 0 Å². The molecule has 0 saturated heterocycles. The lowest BCUT2D eigenvalue weighted by Gasteiger charge is -2.13. The fraction of sp³-hybridized carbons (Fsp3) is 0.519. The molecular formula is C27H41N9O5. The molecule has 41 heavy (non-hydrogen) atoms. The Kier molecular flexibility index (Phi) is 14.5. The van der Waals surface area contributed by atoms with E-state index in [2.05, 4.69) is 30.6 Å². The van der Waals surface area contributed by atoms with Crippen LogP contribution in [0.2, 0.25) is 0 Å². The van der Waals surface area contributed by atoms with Gasteiger partial charge in [0.05, 0.1) is 64.1 Å². The van der Waals surface area contributed by atoms with Crippen LogP contribution >= 0.6 is 0 Å². The number of ether oxygens (including phenoxy) is 4. The molecule has 14 nitrogen and oxygen atoms in total. The van der Waals surface area contributed by atoms with Crippen molar-refractivity contribution in [1.82, 2.24) is 25.3 Å². The minimum Gasteiger partial charge on any atom is -0.383 e. The van der Waals surface area contributed by atoms with Crippen molar-refractivity contribution in [2.24, 2.45) is 5.73 Å². The summed E-state index contributed by atoms with van der Waals surface area (Å²) in [5, 5.41) is 15.7. The number of hydrogen-bond acceptors (Lipinski definition) is 12. The number of fused-ring (bicyclic) bond motifs is 1. The summed E-state index contributed by atoms with van der Waals surface area (Å²) in [6.45, 7) is 5.40. The Bertz CT molecular complexity index is 1210. The van der Waals surface area contributed by atoms with Crippen molar-refractivity contribution in [1.29, 1.82) is 5.41 Å². The van der Waals surface area contributed by atoms with Gasteiger partial charge >= 0.3 is 0 Å². The number of aromatic nitrogens is 4. The van der Waals surface area contributed by atoms with Gasteiger partial charge < -0.3 is 46.0 Å². The van der Waals surface area contributed by atoms with Crippen LogP contribution in [0.4, 0.5) is 11.6 Å². The molecule has 0 unspecified atom stereocenters. The number of nitrogens with two attached hydrogens (primary N) is 2. The fourth-order valence-electron chi connectivity index (χ4n) is 3.78. The lowest BCUT2D eigenvalue weighted by atomic mass is 10.0. The summed E-state index contributed by atoms with van der Waals surface area (Å²) in [7, 11) is 0. The number of carbonyl (C=O) groups is 1. The van der Waals surface area contributed by atoms with Gasteiger partial charge in [-0.15, -0.1) is 0 Å². The molecule has 224 valence electrons. The van der Waals surface area contributed by atoms with Crippen molar-refractivity contribution >= 4 is 34.3 Å². The largest absolute Gasteiger partial charge is 0.383 e. The van der Waals surface area contributed by atoms with E-state index in [1.807, 2.05) is 12.1 Å². The topological polar surface area (TPSA) is 208 Å². The second-order valence-corrected chi connectivity index (χ2v) is 8.97. The molecular weight excluding hydrogens is 530 g/mol. The third-order valence-corrected chi connectivity index (χ3v) is 5.89. The average molecular weight is 572 g/mol. The molecule has 0 aliphatic heterocycles. The van der Waals surface area contributed by atoms with E-state index in [0.717, 1.165) is 23.9 Å². The summed E-state index contributed by atoms with van der Waals surface area (Å²) in [6, 6.07) is 3.77. The van der Waals surface area contributed by atoms with Crippen LogP contribution < -0.4 is 22.1 Å². The van der Waals surface area contributed by atoms with Crippen LogP contribution in [0.3, 0.4) is 0 Å². The Morgan fingerprint density at radius 1 is 0.927 bits per heavy atom. The van der Waals surface area contributed by atoms with E-state index >= 15 is 0 Å². The standard InChI is InChI=1S/C27H41N9O5/c28-5-10-39-12-14-41-16-15-40-13-11-38-9-4-22(37)31-6-1-2-7-32-27-23(25(30)35-19-36-27)24(29)21-17-20-3-8-33-26(20)34-18-21/h3,8,17-19,29H,1-2,4-7,9-16,28H2,(H,31,37)(H,33,34)(H3,30,32,35,36). The first-order chi connectivity index (χ1) is 20.1. The van der Waals surface area contributed by atoms with Crippen molar-refractivity contribution in [3.63, 3.8) is 0 Å². The molecule has 0 spiro atoms. The lowest BCUT2D eigenvalue weighted by Crippen LogP contribution is -2.26. The van der Waals surface area contributed by atoms with Crippen molar-refractivity contribution in [2.45, 2.75) is 19.3 Å². The lowest BCUT2D eigenvalue weighted by molar-refractivity contribution is -0.122. The number of hydrogen-bond donors (Lipinski definition) is 6. The third-order valence-electron chi connectivity index (χ3n) is 5.89. The Balaban J connectivity index is 1.23. The van der Waals surface area contributed by atoms with Crippen LogP contribution in [-0.2, 0) is 23.7 Å². The van der Waals surface area contributed by atoms with Crippen LogP contribution in [0.25, 0.3) is 11.0 Å². The number of nitrogen functional groups attached to an aromatic ring is 1. The molecule has 0 bridgehead atoms. The molecule has 0 atom stereocenters. The molecule has 0 fully saturated rings. The predicted octanol–water partition coefficient (Wildman–Crippen LogP) is 1.07. The van der Waals surface area contributed by atoms with Crippen molar-refractivity contribution in [3.05, 3.63) is 42.0 Å². The van der Waals surface area contributed by atoms with E-state index in [1.165, 1.54) is 6.33 Å². The zero-order valence-corrected chi connectivity index (χ0v) is 23.3. The SMILES string of the molecule is N=C(c1cnc2[nH]ccc2c1)c1c(N)ncnc1NCCCCNC(=O)CCOCCOCCOCCOCCN. The number of aromatic amines is 1. The van der Waals surface area contributed by atoms with Crippen LogP contribution in [0.5, 0.6) is 0 Å². The Morgan fingerprint density at radius 2 is 1.61 bits per heavy atom. The third kappa shape index (κ3) is 11.4. The van der Waals surface area contributed by atoms with Gasteiger partial charge in [0.15, 0.2) is 0 Å². The highest BCUT2D eigenvalue weighted by molar-refractivity contribution is 6.16. The summed E-state index contributed by atoms with van der Waals surface area (Å²) in [6.07, 6.45) is 6.64. The number of unbranched alkanes of at least 4 members (excludes halogenated alkanes) is 1. The average Bonchev–Trinajstić information content (AvgIpc) is 3.45. The Hall–Kier alpha value is -3.69. The molecule has 0 aliphatic carbocycles. The molecule has 0 saturated carbocycles. The molecule has 0 aromatic carbocycles. The van der Waals surface area contributed by atoms with Gasteiger partial charge in [-0.3, -0.25) is 10.2 Å². The van der Waals surface area contributed by atoms with E-state index in [4.69, 9.17) is 35.8 Å². The van der Waals surface area contributed by atoms with E-state index in [9.17, 15) is 4.79 Å². The molecule has 0 radical (unpaired) electrons. The van der Waals surface area contributed by atoms with Crippen LogP contribution in [0, 0.1) is 5.41 Å². The maximum Gasteiger partial charge on any atom is 0.222 e. The second-order valence-electron chi connectivity index (χ2n) is 8.97. The monoisotopic (exact) mass is 571 g/mol. The number of carbonyl (C=O) groups excluding carboxylic acids is 1. The highest BCUT2D eigenvalue weighted by Gasteiger charge is 2.17. The molecule has 14 heteroatoms. The molecule has 3 aromatic heterocycles. The molecule has 1 amide bonds. The van der Waals surface area contributed by atoms with Gasteiger partial charge in [-0.25, -0.2) is 15.0 Å². The summed E-state index contributed by atoms with van der Waals surface area (Å²) in [5.41, 5.74) is 13.4. The fourth-order valence-corrected chi connectivity index (χ4v) is 3.78. The van der Waals surface area contributed by atoms with Gasteiger partial charge in [-0.05, 0) is 25.0 Å².